The highest BCUT2D eigenvalue weighted by molar-refractivity contribution is 7.22. The quantitative estimate of drug-likeness (QED) is 0.751. The van der Waals surface area contributed by atoms with Gasteiger partial charge in [-0.25, -0.2) is 4.98 Å². The number of benzene rings is 2. The molecule has 1 aromatic heterocycles. The molecular formula is C16H14ClN3O2S. The van der Waals surface area contributed by atoms with Crippen molar-refractivity contribution in [2.45, 2.75) is 6.92 Å². The molecule has 5 nitrogen and oxygen atoms in total. The molecule has 0 unspecified atom stereocenters. The Kier molecular flexibility index (Phi) is 4.36. The minimum atomic E-state index is -0.240. The van der Waals surface area contributed by atoms with Gasteiger partial charge in [0, 0.05) is 10.7 Å². The summed E-state index contributed by atoms with van der Waals surface area (Å²) in [6.45, 7) is 1.85. The highest BCUT2D eigenvalue weighted by atomic mass is 35.5. The van der Waals surface area contributed by atoms with Crippen molar-refractivity contribution in [1.82, 2.24) is 4.98 Å². The van der Waals surface area contributed by atoms with Gasteiger partial charge < -0.3 is 15.8 Å². The third-order valence-electron chi connectivity index (χ3n) is 3.17. The number of nitrogens with zero attached hydrogens (tertiary/aromatic N) is 1. The van der Waals surface area contributed by atoms with E-state index < -0.39 is 0 Å². The molecule has 7 heteroatoms. The van der Waals surface area contributed by atoms with E-state index in [2.05, 4.69) is 10.3 Å². The SMILES string of the molecule is Cc1cc(NC(=O)COc2ccc(Cl)cc2)cc2sc(N)nc12. The Labute approximate surface area is 142 Å². The lowest BCUT2D eigenvalue weighted by molar-refractivity contribution is -0.118. The van der Waals surface area contributed by atoms with Crippen LogP contribution in [0.15, 0.2) is 36.4 Å². The standard InChI is InChI=1S/C16H14ClN3O2S/c1-9-6-11(7-13-15(9)20-16(18)23-13)19-14(21)8-22-12-4-2-10(17)3-5-12/h2-7H,8H2,1H3,(H2,18,20)(H,19,21). The molecule has 2 aromatic carbocycles. The van der Waals surface area contributed by atoms with Gasteiger partial charge in [-0.15, -0.1) is 0 Å². The summed E-state index contributed by atoms with van der Waals surface area (Å²) in [4.78, 5) is 16.3. The van der Waals surface area contributed by atoms with Crippen LogP contribution in [0.2, 0.25) is 5.02 Å². The van der Waals surface area contributed by atoms with E-state index in [9.17, 15) is 4.79 Å². The summed E-state index contributed by atoms with van der Waals surface area (Å²) in [5.74, 6) is 0.350. The number of carbonyl (C=O) groups excluding carboxylic acids is 1. The zero-order chi connectivity index (χ0) is 16.4. The fourth-order valence-electron chi connectivity index (χ4n) is 2.16. The van der Waals surface area contributed by atoms with Crippen molar-refractivity contribution in [2.75, 3.05) is 17.7 Å². The number of anilines is 2. The van der Waals surface area contributed by atoms with E-state index in [1.54, 1.807) is 24.3 Å². The Hall–Kier alpha value is -2.31. The Morgan fingerprint density at radius 1 is 1.35 bits per heavy atom. The number of aryl methyl sites for hydroxylation is 1. The molecule has 118 valence electrons. The molecule has 3 aromatic rings. The van der Waals surface area contributed by atoms with Gasteiger partial charge in [-0.1, -0.05) is 22.9 Å². The molecule has 3 N–H and O–H groups in total. The number of thiazole rings is 1. The van der Waals surface area contributed by atoms with Crippen LogP contribution < -0.4 is 15.8 Å². The lowest BCUT2D eigenvalue weighted by Crippen LogP contribution is -2.20. The monoisotopic (exact) mass is 347 g/mol. The summed E-state index contributed by atoms with van der Waals surface area (Å²) >= 11 is 7.19. The van der Waals surface area contributed by atoms with Crippen molar-refractivity contribution in [2.24, 2.45) is 0 Å². The summed E-state index contributed by atoms with van der Waals surface area (Å²) < 4.78 is 6.36. The van der Waals surface area contributed by atoms with Crippen molar-refractivity contribution < 1.29 is 9.53 Å². The summed E-state index contributed by atoms with van der Waals surface area (Å²) in [5.41, 5.74) is 8.25. The Morgan fingerprint density at radius 3 is 2.83 bits per heavy atom. The molecule has 1 heterocycles. The van der Waals surface area contributed by atoms with E-state index in [4.69, 9.17) is 22.1 Å². The third-order valence-corrected chi connectivity index (χ3v) is 4.25. The molecule has 0 fully saturated rings. The topological polar surface area (TPSA) is 77.2 Å². The zero-order valence-corrected chi connectivity index (χ0v) is 13.9. The maximum atomic E-state index is 12.0. The number of nitrogen functional groups attached to an aromatic ring is 1. The molecule has 0 bridgehead atoms. The highest BCUT2D eigenvalue weighted by Gasteiger charge is 2.09. The van der Waals surface area contributed by atoms with Crippen molar-refractivity contribution in [3.8, 4) is 5.75 Å². The number of ether oxygens (including phenoxy) is 1. The van der Waals surface area contributed by atoms with Gasteiger partial charge in [0.1, 0.15) is 5.75 Å². The first-order valence-electron chi connectivity index (χ1n) is 6.86. The van der Waals surface area contributed by atoms with Crippen LogP contribution >= 0.6 is 22.9 Å². The number of nitrogens with two attached hydrogens (primary N) is 1. The van der Waals surface area contributed by atoms with Crippen LogP contribution in [0.1, 0.15) is 5.56 Å². The number of hydrogen-bond donors (Lipinski definition) is 2. The zero-order valence-electron chi connectivity index (χ0n) is 12.3. The Balaban J connectivity index is 1.66. The van der Waals surface area contributed by atoms with Gasteiger partial charge in [0.15, 0.2) is 11.7 Å². The lowest BCUT2D eigenvalue weighted by atomic mass is 10.2. The summed E-state index contributed by atoms with van der Waals surface area (Å²) in [5, 5.41) is 3.95. The van der Waals surface area contributed by atoms with Crippen molar-refractivity contribution in [1.29, 1.82) is 0 Å². The third kappa shape index (κ3) is 3.72. The van der Waals surface area contributed by atoms with Crippen molar-refractivity contribution in [3.63, 3.8) is 0 Å². The Bertz CT molecular complexity index is 862. The van der Waals surface area contributed by atoms with Crippen LogP contribution in [-0.2, 0) is 4.79 Å². The highest BCUT2D eigenvalue weighted by Crippen LogP contribution is 2.29. The number of aromatic nitrogens is 1. The second-order valence-electron chi connectivity index (χ2n) is 4.98. The Morgan fingerprint density at radius 2 is 2.09 bits per heavy atom. The molecule has 0 saturated carbocycles. The van der Waals surface area contributed by atoms with Gasteiger partial charge in [0.05, 0.1) is 10.2 Å². The maximum absolute atomic E-state index is 12.0. The van der Waals surface area contributed by atoms with Crippen LogP contribution in [0.25, 0.3) is 10.2 Å². The van der Waals surface area contributed by atoms with Crippen molar-refractivity contribution >= 4 is 49.9 Å². The maximum Gasteiger partial charge on any atom is 0.262 e. The predicted octanol–water partition coefficient (Wildman–Crippen LogP) is 3.86. The first-order valence-corrected chi connectivity index (χ1v) is 8.05. The summed E-state index contributed by atoms with van der Waals surface area (Å²) in [7, 11) is 0. The largest absolute Gasteiger partial charge is 0.484 e. The van der Waals surface area contributed by atoms with Crippen LogP contribution in [0.3, 0.4) is 0 Å². The molecule has 0 aliphatic carbocycles. The molecule has 0 atom stereocenters. The molecule has 0 spiro atoms. The number of hydrogen-bond acceptors (Lipinski definition) is 5. The smallest absolute Gasteiger partial charge is 0.262 e. The van der Waals surface area contributed by atoms with Crippen LogP contribution in [0.5, 0.6) is 5.75 Å². The number of amides is 1. The van der Waals surface area contributed by atoms with Crippen LogP contribution in [0, 0.1) is 6.92 Å². The first-order chi connectivity index (χ1) is 11.0. The number of halogens is 1. The molecule has 0 aliphatic heterocycles. The second kappa shape index (κ2) is 6.44. The van der Waals surface area contributed by atoms with Crippen molar-refractivity contribution in [3.05, 3.63) is 47.0 Å². The number of rotatable bonds is 4. The van der Waals surface area contributed by atoms with E-state index in [0.717, 1.165) is 15.8 Å². The molecule has 3 rings (SSSR count). The lowest BCUT2D eigenvalue weighted by Gasteiger charge is -2.08. The number of fused-ring (bicyclic) bond motifs is 1. The summed E-state index contributed by atoms with van der Waals surface area (Å²) in [6, 6.07) is 10.6. The first kappa shape index (κ1) is 15.6. The second-order valence-corrected chi connectivity index (χ2v) is 6.48. The normalized spacial score (nSPS) is 10.7. The van der Waals surface area contributed by atoms with E-state index >= 15 is 0 Å². The van der Waals surface area contributed by atoms with Gasteiger partial charge in [0.25, 0.3) is 5.91 Å². The molecule has 0 aliphatic rings. The average molecular weight is 348 g/mol. The van der Waals surface area contributed by atoms with Gasteiger partial charge in [0.2, 0.25) is 0 Å². The number of carbonyl (C=O) groups is 1. The van der Waals surface area contributed by atoms with E-state index in [0.29, 0.717) is 21.6 Å². The molecule has 1 amide bonds. The molecule has 0 radical (unpaired) electrons. The van der Waals surface area contributed by atoms with E-state index in [1.165, 1.54) is 11.3 Å². The average Bonchev–Trinajstić information content (AvgIpc) is 2.88. The fraction of sp³-hybridized carbons (Fsp3) is 0.125. The van der Waals surface area contributed by atoms with Gasteiger partial charge in [-0.3, -0.25) is 4.79 Å². The van der Waals surface area contributed by atoms with Crippen LogP contribution in [-0.4, -0.2) is 17.5 Å². The minimum absolute atomic E-state index is 0.0798. The molecular weight excluding hydrogens is 334 g/mol. The summed E-state index contributed by atoms with van der Waals surface area (Å²) in [6.07, 6.45) is 0. The van der Waals surface area contributed by atoms with Gasteiger partial charge in [-0.2, -0.15) is 0 Å². The van der Waals surface area contributed by atoms with Crippen LogP contribution in [0.4, 0.5) is 10.8 Å². The molecule has 0 saturated heterocycles. The van der Waals surface area contributed by atoms with E-state index in [-0.39, 0.29) is 12.5 Å². The van der Waals surface area contributed by atoms with E-state index in [1.807, 2.05) is 19.1 Å². The van der Waals surface area contributed by atoms with Gasteiger partial charge in [-0.05, 0) is 48.9 Å². The minimum Gasteiger partial charge on any atom is -0.484 e. The molecule has 23 heavy (non-hydrogen) atoms. The number of nitrogens with one attached hydrogen (secondary N) is 1. The fourth-order valence-corrected chi connectivity index (χ4v) is 3.14. The predicted molar refractivity (Wildman–Crippen MR) is 94.3 cm³/mol. The van der Waals surface area contributed by atoms with Gasteiger partial charge >= 0.3 is 0 Å².